The Labute approximate surface area is 197 Å². The Balaban J connectivity index is 1.87. The number of likely N-dealkylation sites (N-methyl/N-ethyl adjacent to an activating group) is 1. The van der Waals surface area contributed by atoms with E-state index < -0.39 is 17.8 Å². The van der Waals surface area contributed by atoms with Gasteiger partial charge in [0.05, 0.1) is 5.56 Å². The maximum absolute atomic E-state index is 13.0. The third kappa shape index (κ3) is 6.29. The monoisotopic (exact) mass is 474 g/mol. The van der Waals surface area contributed by atoms with Crippen molar-refractivity contribution < 1.29 is 18.0 Å². The van der Waals surface area contributed by atoms with Crippen molar-refractivity contribution in [3.05, 3.63) is 100 Å². The lowest BCUT2D eigenvalue weighted by Gasteiger charge is -2.33. The Morgan fingerprint density at radius 2 is 1.70 bits per heavy atom. The first-order chi connectivity index (χ1) is 15.7. The minimum absolute atomic E-state index is 0.150. The highest BCUT2D eigenvalue weighted by Crippen LogP contribution is 2.32. The summed E-state index contributed by atoms with van der Waals surface area (Å²) in [5.41, 5.74) is 2.74. The molecule has 3 nitrogen and oxygen atoms in total. The summed E-state index contributed by atoms with van der Waals surface area (Å²) >= 11 is 6.22. The number of nitrogens with zero attached hydrogens (tertiary/aromatic N) is 1. The molecular formula is C26H26ClF3N2O. The zero-order chi connectivity index (χ0) is 24.0. The number of carbonyl (C=O) groups is 1. The van der Waals surface area contributed by atoms with Gasteiger partial charge < -0.3 is 10.2 Å². The van der Waals surface area contributed by atoms with Gasteiger partial charge in [0.1, 0.15) is 6.04 Å². The number of rotatable bonds is 8. The van der Waals surface area contributed by atoms with Crippen LogP contribution in [-0.4, -0.2) is 19.5 Å². The number of hydrogen-bond donors (Lipinski definition) is 1. The van der Waals surface area contributed by atoms with E-state index in [1.807, 2.05) is 54.3 Å². The SMILES string of the molecule is CNC(=O)C(c1ccccc1)N(CCCc1ccc(C(F)(F)F)cc1)c1ccc(Cl)c(C)c1. The molecule has 0 aromatic heterocycles. The first kappa shape index (κ1) is 24.6. The van der Waals surface area contributed by atoms with Crippen molar-refractivity contribution in [1.29, 1.82) is 0 Å². The molecule has 174 valence electrons. The normalized spacial score (nSPS) is 12.3. The van der Waals surface area contributed by atoms with Crippen molar-refractivity contribution >= 4 is 23.2 Å². The molecule has 0 heterocycles. The number of alkyl halides is 3. The van der Waals surface area contributed by atoms with Crippen LogP contribution in [-0.2, 0) is 17.4 Å². The number of benzene rings is 3. The predicted octanol–water partition coefficient (Wildman–Crippen LogP) is 6.59. The quantitative estimate of drug-likeness (QED) is 0.399. The molecule has 0 saturated heterocycles. The molecule has 0 aliphatic carbocycles. The molecule has 0 spiro atoms. The van der Waals surface area contributed by atoms with Gasteiger partial charge >= 0.3 is 6.18 Å². The Kier molecular flexibility index (Phi) is 8.03. The maximum atomic E-state index is 13.0. The lowest BCUT2D eigenvalue weighted by molar-refractivity contribution is -0.137. The molecule has 0 saturated carbocycles. The fourth-order valence-corrected chi connectivity index (χ4v) is 3.89. The highest BCUT2D eigenvalue weighted by molar-refractivity contribution is 6.31. The fourth-order valence-electron chi connectivity index (χ4n) is 3.77. The van der Waals surface area contributed by atoms with Crippen LogP contribution in [0, 0.1) is 6.92 Å². The van der Waals surface area contributed by atoms with Crippen LogP contribution in [0.4, 0.5) is 18.9 Å². The summed E-state index contributed by atoms with van der Waals surface area (Å²) in [7, 11) is 1.60. The maximum Gasteiger partial charge on any atom is 0.416 e. The predicted molar refractivity (Wildman–Crippen MR) is 127 cm³/mol. The average Bonchev–Trinajstić information content (AvgIpc) is 2.80. The summed E-state index contributed by atoms with van der Waals surface area (Å²) in [5, 5.41) is 3.39. The molecule has 0 bridgehead atoms. The zero-order valence-corrected chi connectivity index (χ0v) is 19.3. The van der Waals surface area contributed by atoms with E-state index in [0.29, 0.717) is 24.4 Å². The van der Waals surface area contributed by atoms with Gasteiger partial charge in [-0.1, -0.05) is 54.1 Å². The van der Waals surface area contributed by atoms with Gasteiger partial charge in [0.25, 0.3) is 0 Å². The van der Waals surface area contributed by atoms with E-state index in [-0.39, 0.29) is 5.91 Å². The third-order valence-electron chi connectivity index (χ3n) is 5.54. The van der Waals surface area contributed by atoms with Gasteiger partial charge in [-0.15, -0.1) is 0 Å². The van der Waals surface area contributed by atoms with Gasteiger partial charge in [0.15, 0.2) is 0 Å². The summed E-state index contributed by atoms with van der Waals surface area (Å²) in [6, 6.07) is 19.8. The fraction of sp³-hybridized carbons (Fsp3) is 0.269. The molecule has 1 amide bonds. The average molecular weight is 475 g/mol. The van der Waals surface area contributed by atoms with E-state index in [1.165, 1.54) is 12.1 Å². The van der Waals surface area contributed by atoms with Gasteiger partial charge in [0, 0.05) is 24.3 Å². The molecule has 3 rings (SSSR count). The van der Waals surface area contributed by atoms with Gasteiger partial charge in [0.2, 0.25) is 5.91 Å². The molecule has 1 N–H and O–H groups in total. The number of aryl methyl sites for hydroxylation is 2. The Morgan fingerprint density at radius 3 is 2.27 bits per heavy atom. The van der Waals surface area contributed by atoms with Crippen molar-refractivity contribution in [2.75, 3.05) is 18.5 Å². The van der Waals surface area contributed by atoms with Crippen LogP contribution in [0.5, 0.6) is 0 Å². The van der Waals surface area contributed by atoms with E-state index in [9.17, 15) is 18.0 Å². The summed E-state index contributed by atoms with van der Waals surface area (Å²) in [6.07, 6.45) is -3.12. The van der Waals surface area contributed by atoms with Gasteiger partial charge in [-0.25, -0.2) is 0 Å². The molecule has 0 radical (unpaired) electrons. The smallest absolute Gasteiger partial charge is 0.357 e. The van der Waals surface area contributed by atoms with E-state index in [1.54, 1.807) is 13.1 Å². The molecule has 33 heavy (non-hydrogen) atoms. The second-order valence-electron chi connectivity index (χ2n) is 7.85. The minimum Gasteiger partial charge on any atom is -0.357 e. The first-order valence-electron chi connectivity index (χ1n) is 10.7. The highest BCUT2D eigenvalue weighted by atomic mass is 35.5. The summed E-state index contributed by atoms with van der Waals surface area (Å²) in [6.45, 7) is 2.43. The van der Waals surface area contributed by atoms with Crippen LogP contribution in [0.2, 0.25) is 5.02 Å². The second kappa shape index (κ2) is 10.8. The lowest BCUT2D eigenvalue weighted by Crippen LogP contribution is -2.40. The zero-order valence-electron chi connectivity index (χ0n) is 18.5. The number of hydrogen-bond acceptors (Lipinski definition) is 2. The van der Waals surface area contributed by atoms with Crippen LogP contribution in [0.15, 0.2) is 72.8 Å². The number of amides is 1. The summed E-state index contributed by atoms with van der Waals surface area (Å²) < 4.78 is 38.5. The van der Waals surface area contributed by atoms with Crippen molar-refractivity contribution in [2.24, 2.45) is 0 Å². The largest absolute Gasteiger partial charge is 0.416 e. The molecule has 1 unspecified atom stereocenters. The first-order valence-corrected chi connectivity index (χ1v) is 11.0. The molecule has 3 aromatic carbocycles. The molecule has 0 fully saturated rings. The number of carbonyl (C=O) groups excluding carboxylic acids is 1. The molecule has 0 aliphatic rings. The summed E-state index contributed by atoms with van der Waals surface area (Å²) in [5.74, 6) is -0.150. The lowest BCUT2D eigenvalue weighted by atomic mass is 10.0. The summed E-state index contributed by atoms with van der Waals surface area (Å²) in [4.78, 5) is 15.0. The van der Waals surface area contributed by atoms with Crippen molar-refractivity contribution in [2.45, 2.75) is 32.0 Å². The highest BCUT2D eigenvalue weighted by Gasteiger charge is 2.30. The Morgan fingerprint density at radius 1 is 1.03 bits per heavy atom. The van der Waals surface area contributed by atoms with Crippen LogP contribution in [0.1, 0.15) is 34.7 Å². The van der Waals surface area contributed by atoms with Crippen molar-refractivity contribution in [3.8, 4) is 0 Å². The Bertz CT molecular complexity index is 1070. The van der Waals surface area contributed by atoms with Gasteiger partial charge in [-0.2, -0.15) is 13.2 Å². The molecular weight excluding hydrogens is 449 g/mol. The van der Waals surface area contributed by atoms with Crippen LogP contribution in [0.25, 0.3) is 0 Å². The number of anilines is 1. The number of halogens is 4. The van der Waals surface area contributed by atoms with Crippen LogP contribution in [0.3, 0.4) is 0 Å². The van der Waals surface area contributed by atoms with Gasteiger partial charge in [-0.3, -0.25) is 4.79 Å². The van der Waals surface area contributed by atoms with Gasteiger partial charge in [-0.05, 0) is 66.8 Å². The van der Waals surface area contributed by atoms with E-state index in [4.69, 9.17) is 11.6 Å². The third-order valence-corrected chi connectivity index (χ3v) is 5.96. The Hall–Kier alpha value is -2.99. The standard InChI is InChI=1S/C26H26ClF3N2O/c1-18-17-22(14-15-23(18)27)32(24(25(33)31-2)20-8-4-3-5-9-20)16-6-7-19-10-12-21(13-11-19)26(28,29)30/h3-5,8-15,17,24H,6-7,16H2,1-2H3,(H,31,33). The molecule has 1 atom stereocenters. The molecule has 7 heteroatoms. The van der Waals surface area contributed by atoms with Crippen LogP contribution < -0.4 is 10.2 Å². The van der Waals surface area contributed by atoms with E-state index in [0.717, 1.165) is 34.5 Å². The van der Waals surface area contributed by atoms with E-state index in [2.05, 4.69) is 5.32 Å². The molecule has 0 aliphatic heterocycles. The van der Waals surface area contributed by atoms with Crippen molar-refractivity contribution in [1.82, 2.24) is 5.32 Å². The van der Waals surface area contributed by atoms with Crippen molar-refractivity contribution in [3.63, 3.8) is 0 Å². The number of nitrogens with one attached hydrogen (secondary N) is 1. The minimum atomic E-state index is -4.35. The van der Waals surface area contributed by atoms with Crippen LogP contribution >= 0.6 is 11.6 Å². The second-order valence-corrected chi connectivity index (χ2v) is 8.26. The van der Waals surface area contributed by atoms with E-state index >= 15 is 0 Å². The topological polar surface area (TPSA) is 32.3 Å². The molecule has 3 aromatic rings.